The maximum Gasteiger partial charge on any atom is 0.144 e. The molecule has 0 fully saturated rings. The molecule has 1 unspecified atom stereocenters. The molecule has 2 heteroatoms. The first kappa shape index (κ1) is 21.4. The predicted molar refractivity (Wildman–Crippen MR) is 132 cm³/mol. The quantitative estimate of drug-likeness (QED) is 0.386. The number of hydrogen-bond donors (Lipinski definition) is 0. The minimum atomic E-state index is 0.441. The summed E-state index contributed by atoms with van der Waals surface area (Å²) in [5.41, 5.74) is 6.97. The van der Waals surface area contributed by atoms with Crippen LogP contribution < -0.4 is 0 Å². The van der Waals surface area contributed by atoms with E-state index in [4.69, 9.17) is 4.98 Å². The molecule has 0 saturated carbocycles. The van der Waals surface area contributed by atoms with Crippen molar-refractivity contribution in [2.24, 2.45) is 11.8 Å². The maximum atomic E-state index is 4.77. The van der Waals surface area contributed by atoms with E-state index in [1.807, 2.05) is 6.20 Å². The third kappa shape index (κ3) is 4.90. The largest absolute Gasteiger partial charge is 0.300 e. The van der Waals surface area contributed by atoms with E-state index in [0.29, 0.717) is 17.8 Å². The summed E-state index contributed by atoms with van der Waals surface area (Å²) >= 11 is 0. The van der Waals surface area contributed by atoms with Crippen LogP contribution >= 0.6 is 0 Å². The number of rotatable bonds is 7. The van der Waals surface area contributed by atoms with Gasteiger partial charge >= 0.3 is 0 Å². The normalized spacial score (nSPS) is 16.8. The second kappa shape index (κ2) is 9.51. The zero-order valence-corrected chi connectivity index (χ0v) is 19.3. The molecular weight excluding hydrogens is 376 g/mol. The fourth-order valence-electron chi connectivity index (χ4n) is 4.77. The van der Waals surface area contributed by atoms with Crippen LogP contribution in [0.5, 0.6) is 0 Å². The van der Waals surface area contributed by atoms with E-state index in [2.05, 4.69) is 105 Å². The number of imidazole rings is 1. The summed E-state index contributed by atoms with van der Waals surface area (Å²) < 4.78 is 2.35. The van der Waals surface area contributed by atoms with Gasteiger partial charge < -0.3 is 0 Å². The van der Waals surface area contributed by atoms with Crippen LogP contribution in [0.3, 0.4) is 0 Å². The first-order valence-corrected chi connectivity index (χ1v) is 11.6. The van der Waals surface area contributed by atoms with Crippen LogP contribution in [-0.4, -0.2) is 9.55 Å². The Bertz CT molecular complexity index is 1050. The Morgan fingerprint density at radius 2 is 1.52 bits per heavy atom. The fourth-order valence-corrected chi connectivity index (χ4v) is 4.77. The molecule has 160 valence electrons. The first-order chi connectivity index (χ1) is 15.0. The Balaban J connectivity index is 1.86. The lowest BCUT2D eigenvalue weighted by Crippen LogP contribution is -2.15. The van der Waals surface area contributed by atoms with E-state index < -0.39 is 0 Å². The van der Waals surface area contributed by atoms with Gasteiger partial charge in [0.05, 0.1) is 0 Å². The van der Waals surface area contributed by atoms with Crippen molar-refractivity contribution in [1.29, 1.82) is 0 Å². The van der Waals surface area contributed by atoms with Crippen LogP contribution in [0.2, 0.25) is 0 Å². The van der Waals surface area contributed by atoms with Crippen LogP contribution in [0.4, 0.5) is 0 Å². The van der Waals surface area contributed by atoms with Gasteiger partial charge in [-0.2, -0.15) is 0 Å². The highest BCUT2D eigenvalue weighted by atomic mass is 15.1. The highest BCUT2D eigenvalue weighted by molar-refractivity contribution is 5.75. The molecule has 2 nitrogen and oxygen atoms in total. The van der Waals surface area contributed by atoms with Gasteiger partial charge in [-0.1, -0.05) is 94.4 Å². The number of allylic oxidation sites excluding steroid dienone is 4. The molecule has 4 rings (SSSR count). The van der Waals surface area contributed by atoms with Gasteiger partial charge in [0.2, 0.25) is 0 Å². The van der Waals surface area contributed by atoms with Crippen molar-refractivity contribution >= 4 is 5.70 Å². The van der Waals surface area contributed by atoms with Crippen LogP contribution in [0, 0.1) is 11.8 Å². The van der Waals surface area contributed by atoms with Crippen molar-refractivity contribution < 1.29 is 0 Å². The molecule has 1 atom stereocenters. The second-order valence-electron chi connectivity index (χ2n) is 9.55. The summed E-state index contributed by atoms with van der Waals surface area (Å²) in [7, 11) is 0. The lowest BCUT2D eigenvalue weighted by atomic mass is 9.79. The zero-order valence-electron chi connectivity index (χ0n) is 19.3. The zero-order chi connectivity index (χ0) is 21.8. The lowest BCUT2D eigenvalue weighted by Gasteiger charge is -2.30. The van der Waals surface area contributed by atoms with Crippen LogP contribution in [0.1, 0.15) is 58.4 Å². The highest BCUT2D eigenvalue weighted by Crippen LogP contribution is 2.43. The number of aromatic nitrogens is 2. The van der Waals surface area contributed by atoms with Crippen LogP contribution in [0.15, 0.2) is 90.3 Å². The molecule has 1 aromatic heterocycles. The Kier molecular flexibility index (Phi) is 6.56. The summed E-state index contributed by atoms with van der Waals surface area (Å²) in [5.74, 6) is 2.68. The van der Waals surface area contributed by atoms with E-state index >= 15 is 0 Å². The molecule has 0 spiro atoms. The molecule has 0 amide bonds. The fraction of sp³-hybridized carbons (Fsp3) is 0.345. The van der Waals surface area contributed by atoms with Crippen molar-refractivity contribution in [3.63, 3.8) is 0 Å². The summed E-state index contributed by atoms with van der Waals surface area (Å²) in [5, 5.41) is 0. The van der Waals surface area contributed by atoms with Crippen LogP contribution in [-0.2, 0) is 0 Å². The molecule has 2 aromatic carbocycles. The molecule has 1 heterocycles. The molecular formula is C29H34N2. The van der Waals surface area contributed by atoms with E-state index in [9.17, 15) is 0 Å². The van der Waals surface area contributed by atoms with Gasteiger partial charge in [-0.25, -0.2) is 4.98 Å². The van der Waals surface area contributed by atoms with E-state index in [1.54, 1.807) is 5.57 Å². The Morgan fingerprint density at radius 3 is 2.16 bits per heavy atom. The number of hydrogen-bond acceptors (Lipinski definition) is 1. The van der Waals surface area contributed by atoms with Crippen molar-refractivity contribution in [2.75, 3.05) is 0 Å². The predicted octanol–water partition coefficient (Wildman–Crippen LogP) is 7.97. The molecule has 0 aliphatic heterocycles. The molecule has 0 bridgehead atoms. The third-order valence-electron chi connectivity index (χ3n) is 5.93. The van der Waals surface area contributed by atoms with Crippen molar-refractivity contribution in [1.82, 2.24) is 9.55 Å². The number of nitrogens with zero attached hydrogens (tertiary/aromatic N) is 2. The van der Waals surface area contributed by atoms with Gasteiger partial charge in [-0.3, -0.25) is 4.57 Å². The van der Waals surface area contributed by atoms with Gasteiger partial charge in [0.25, 0.3) is 0 Å². The molecule has 0 saturated heterocycles. The smallest absolute Gasteiger partial charge is 0.144 e. The van der Waals surface area contributed by atoms with E-state index in [1.165, 1.54) is 16.8 Å². The summed E-state index contributed by atoms with van der Waals surface area (Å²) in [6, 6.07) is 21.5. The molecule has 0 radical (unpaired) electrons. The molecule has 1 aliphatic rings. The van der Waals surface area contributed by atoms with Crippen molar-refractivity contribution in [2.45, 2.75) is 52.9 Å². The summed E-state index contributed by atoms with van der Waals surface area (Å²) in [4.78, 5) is 4.77. The number of benzene rings is 2. The lowest BCUT2D eigenvalue weighted by molar-refractivity contribution is 0.597. The first-order valence-electron chi connectivity index (χ1n) is 11.6. The summed E-state index contributed by atoms with van der Waals surface area (Å²) in [6.07, 6.45) is 9.88. The van der Waals surface area contributed by atoms with Crippen molar-refractivity contribution in [3.8, 4) is 11.4 Å². The van der Waals surface area contributed by atoms with E-state index in [-0.39, 0.29) is 0 Å². The minimum Gasteiger partial charge on any atom is -0.300 e. The van der Waals surface area contributed by atoms with Gasteiger partial charge in [-0.05, 0) is 47.8 Å². The van der Waals surface area contributed by atoms with Gasteiger partial charge in [-0.15, -0.1) is 0 Å². The molecule has 0 N–H and O–H groups in total. The molecule has 31 heavy (non-hydrogen) atoms. The average Bonchev–Trinajstić information content (AvgIpc) is 3.23. The minimum absolute atomic E-state index is 0.441. The highest BCUT2D eigenvalue weighted by Gasteiger charge is 2.26. The SMILES string of the molecule is CC(C)CC1=CC(c2ccccc2)CC(CC(C)C)=C1n1ccnc1-c1ccccc1. The summed E-state index contributed by atoms with van der Waals surface area (Å²) in [6.45, 7) is 9.29. The monoisotopic (exact) mass is 410 g/mol. The van der Waals surface area contributed by atoms with Gasteiger partial charge in [0.1, 0.15) is 5.82 Å². The second-order valence-corrected chi connectivity index (χ2v) is 9.55. The standard InChI is InChI=1S/C29H34N2/c1-21(2)17-26-19-25(23-11-7-5-8-12-23)20-27(18-22(3)4)28(26)31-16-15-30-29(31)24-13-9-6-10-14-24/h5-16,19,21-22,25H,17-18,20H2,1-4H3. The Morgan fingerprint density at radius 1 is 0.871 bits per heavy atom. The van der Waals surface area contributed by atoms with Crippen molar-refractivity contribution in [3.05, 3.63) is 95.8 Å². The van der Waals surface area contributed by atoms with Crippen LogP contribution in [0.25, 0.3) is 17.1 Å². The average molecular weight is 411 g/mol. The topological polar surface area (TPSA) is 17.8 Å². The molecule has 3 aromatic rings. The third-order valence-corrected chi connectivity index (χ3v) is 5.93. The van der Waals surface area contributed by atoms with Gasteiger partial charge in [0.15, 0.2) is 0 Å². The Labute approximate surface area is 187 Å². The van der Waals surface area contributed by atoms with Gasteiger partial charge in [0, 0.05) is 29.6 Å². The van der Waals surface area contributed by atoms with E-state index in [0.717, 1.165) is 30.7 Å². The Hall–Kier alpha value is -2.87. The maximum absolute atomic E-state index is 4.77. The molecule has 1 aliphatic carbocycles.